The van der Waals surface area contributed by atoms with E-state index in [0.29, 0.717) is 0 Å². The molecule has 1 aliphatic rings. The van der Waals surface area contributed by atoms with Crippen molar-refractivity contribution in [2.24, 2.45) is 10.9 Å². The number of amidine groups is 1. The molecule has 110 valence electrons. The Bertz CT molecular complexity index is 449. The van der Waals surface area contributed by atoms with Gasteiger partial charge in [0.2, 0.25) is 0 Å². The fourth-order valence-electron chi connectivity index (χ4n) is 2.53. The molecule has 0 radical (unpaired) electrons. The summed E-state index contributed by atoms with van der Waals surface area (Å²) in [6.07, 6.45) is 0. The molecule has 1 fully saturated rings. The zero-order valence-electron chi connectivity index (χ0n) is 12.3. The molecule has 1 aliphatic heterocycles. The van der Waals surface area contributed by atoms with Crippen LogP contribution in [0.25, 0.3) is 0 Å². The summed E-state index contributed by atoms with van der Waals surface area (Å²) in [5.74, 6) is 0.289. The lowest BCUT2D eigenvalue weighted by atomic mass is 10.1. The summed E-state index contributed by atoms with van der Waals surface area (Å²) >= 11 is 0. The third-order valence-corrected chi connectivity index (χ3v) is 4.02. The predicted molar refractivity (Wildman–Crippen MR) is 80.9 cm³/mol. The SMILES string of the molecule is Cc1ccc(CN2CCN(C(C)C(N)=NO)CC2)cc1. The topological polar surface area (TPSA) is 65.1 Å². The molecule has 1 aromatic rings. The third kappa shape index (κ3) is 3.71. The van der Waals surface area contributed by atoms with Gasteiger partial charge in [0.1, 0.15) is 0 Å². The van der Waals surface area contributed by atoms with Crippen LogP contribution in [-0.4, -0.2) is 53.1 Å². The van der Waals surface area contributed by atoms with Crippen LogP contribution in [0.5, 0.6) is 0 Å². The molecule has 3 N–H and O–H groups in total. The van der Waals surface area contributed by atoms with Crippen LogP contribution >= 0.6 is 0 Å². The Morgan fingerprint density at radius 1 is 1.25 bits per heavy atom. The van der Waals surface area contributed by atoms with Gasteiger partial charge in [0.05, 0.1) is 6.04 Å². The van der Waals surface area contributed by atoms with Crippen LogP contribution in [0.3, 0.4) is 0 Å². The summed E-state index contributed by atoms with van der Waals surface area (Å²) in [6, 6.07) is 8.71. The van der Waals surface area contributed by atoms with Crippen LogP contribution in [0.2, 0.25) is 0 Å². The quantitative estimate of drug-likeness (QED) is 0.376. The Balaban J connectivity index is 1.84. The molecule has 0 aromatic heterocycles. The van der Waals surface area contributed by atoms with Gasteiger partial charge in [-0.2, -0.15) is 0 Å². The summed E-state index contributed by atoms with van der Waals surface area (Å²) < 4.78 is 0. The molecule has 0 aliphatic carbocycles. The van der Waals surface area contributed by atoms with Crippen molar-refractivity contribution in [1.29, 1.82) is 0 Å². The van der Waals surface area contributed by atoms with Crippen molar-refractivity contribution >= 4 is 5.84 Å². The van der Waals surface area contributed by atoms with Crippen LogP contribution in [-0.2, 0) is 6.54 Å². The van der Waals surface area contributed by atoms with Gasteiger partial charge in [-0.1, -0.05) is 35.0 Å². The molecule has 0 amide bonds. The lowest BCUT2D eigenvalue weighted by molar-refractivity contribution is 0.116. The van der Waals surface area contributed by atoms with E-state index >= 15 is 0 Å². The molecular weight excluding hydrogens is 252 g/mol. The summed E-state index contributed by atoms with van der Waals surface area (Å²) in [6.45, 7) is 8.99. The minimum atomic E-state index is 0.00141. The number of aryl methyl sites for hydroxylation is 1. The van der Waals surface area contributed by atoms with E-state index in [1.54, 1.807) is 0 Å². The highest BCUT2D eigenvalue weighted by molar-refractivity contribution is 5.84. The normalized spacial score (nSPS) is 20.0. The van der Waals surface area contributed by atoms with Crippen molar-refractivity contribution in [1.82, 2.24) is 9.80 Å². The number of nitrogens with two attached hydrogens (primary N) is 1. The largest absolute Gasteiger partial charge is 0.409 e. The van der Waals surface area contributed by atoms with Gasteiger partial charge in [0.15, 0.2) is 5.84 Å². The van der Waals surface area contributed by atoms with Crippen molar-refractivity contribution in [3.8, 4) is 0 Å². The van der Waals surface area contributed by atoms with Gasteiger partial charge in [0, 0.05) is 32.7 Å². The average molecular weight is 276 g/mol. The molecule has 20 heavy (non-hydrogen) atoms. The smallest absolute Gasteiger partial charge is 0.156 e. The van der Waals surface area contributed by atoms with Gasteiger partial charge in [0.25, 0.3) is 0 Å². The van der Waals surface area contributed by atoms with Crippen LogP contribution in [0.15, 0.2) is 29.4 Å². The van der Waals surface area contributed by atoms with Gasteiger partial charge in [-0.15, -0.1) is 0 Å². The predicted octanol–water partition coefficient (Wildman–Crippen LogP) is 1.25. The van der Waals surface area contributed by atoms with Crippen molar-refractivity contribution in [2.75, 3.05) is 26.2 Å². The number of hydrogen-bond donors (Lipinski definition) is 2. The van der Waals surface area contributed by atoms with E-state index in [-0.39, 0.29) is 11.9 Å². The van der Waals surface area contributed by atoms with E-state index in [4.69, 9.17) is 10.9 Å². The van der Waals surface area contributed by atoms with Gasteiger partial charge in [-0.25, -0.2) is 0 Å². The van der Waals surface area contributed by atoms with Crippen LogP contribution in [0, 0.1) is 6.92 Å². The second-order valence-corrected chi connectivity index (χ2v) is 5.50. The molecule has 2 rings (SSSR count). The summed E-state index contributed by atoms with van der Waals surface area (Å²) in [7, 11) is 0. The molecular formula is C15H24N4O. The Morgan fingerprint density at radius 2 is 1.85 bits per heavy atom. The standard InChI is InChI=1S/C15H24N4O/c1-12-3-5-14(6-4-12)11-18-7-9-19(10-8-18)13(2)15(16)17-20/h3-6,13,20H,7-11H2,1-2H3,(H2,16,17). The van der Waals surface area contributed by atoms with Crippen molar-refractivity contribution < 1.29 is 5.21 Å². The zero-order valence-corrected chi connectivity index (χ0v) is 12.3. The van der Waals surface area contributed by atoms with Gasteiger partial charge < -0.3 is 10.9 Å². The van der Waals surface area contributed by atoms with Crippen molar-refractivity contribution in [3.05, 3.63) is 35.4 Å². The molecule has 0 spiro atoms. The molecule has 1 atom stereocenters. The zero-order chi connectivity index (χ0) is 14.5. The van der Waals surface area contributed by atoms with E-state index in [1.165, 1.54) is 11.1 Å². The fraction of sp³-hybridized carbons (Fsp3) is 0.533. The summed E-state index contributed by atoms with van der Waals surface area (Å²) in [4.78, 5) is 4.70. The van der Waals surface area contributed by atoms with Crippen LogP contribution in [0.4, 0.5) is 0 Å². The van der Waals surface area contributed by atoms with Crippen molar-refractivity contribution in [3.63, 3.8) is 0 Å². The molecule has 5 nitrogen and oxygen atoms in total. The van der Waals surface area contributed by atoms with E-state index < -0.39 is 0 Å². The lowest BCUT2D eigenvalue weighted by Gasteiger charge is -2.37. The van der Waals surface area contributed by atoms with Gasteiger partial charge in [-0.05, 0) is 19.4 Å². The lowest BCUT2D eigenvalue weighted by Crippen LogP contribution is -2.52. The highest BCUT2D eigenvalue weighted by atomic mass is 16.4. The first-order valence-electron chi connectivity index (χ1n) is 7.09. The first kappa shape index (κ1) is 14.8. The van der Waals surface area contributed by atoms with E-state index in [0.717, 1.165) is 32.7 Å². The number of benzene rings is 1. The van der Waals surface area contributed by atoms with E-state index in [1.807, 2.05) is 6.92 Å². The number of oxime groups is 1. The maximum absolute atomic E-state index is 8.73. The average Bonchev–Trinajstić information content (AvgIpc) is 2.49. The number of hydrogen-bond acceptors (Lipinski definition) is 4. The number of rotatable bonds is 4. The molecule has 1 saturated heterocycles. The van der Waals surface area contributed by atoms with Gasteiger partial charge in [-0.3, -0.25) is 9.80 Å². The Hall–Kier alpha value is -1.59. The third-order valence-electron chi connectivity index (χ3n) is 4.02. The van der Waals surface area contributed by atoms with Crippen LogP contribution in [0.1, 0.15) is 18.1 Å². The Labute approximate surface area is 120 Å². The molecule has 1 unspecified atom stereocenters. The fourth-order valence-corrected chi connectivity index (χ4v) is 2.53. The Morgan fingerprint density at radius 3 is 2.40 bits per heavy atom. The highest BCUT2D eigenvalue weighted by Crippen LogP contribution is 2.11. The Kier molecular flexibility index (Phi) is 4.98. The molecule has 0 saturated carbocycles. The monoisotopic (exact) mass is 276 g/mol. The molecule has 1 heterocycles. The summed E-state index contributed by atoms with van der Waals surface area (Å²) in [5, 5.41) is 11.8. The second kappa shape index (κ2) is 6.72. The minimum Gasteiger partial charge on any atom is -0.409 e. The van der Waals surface area contributed by atoms with Crippen molar-refractivity contribution in [2.45, 2.75) is 26.4 Å². The van der Waals surface area contributed by atoms with E-state index in [9.17, 15) is 0 Å². The summed E-state index contributed by atoms with van der Waals surface area (Å²) in [5.41, 5.74) is 8.32. The number of piperazine rings is 1. The van der Waals surface area contributed by atoms with Gasteiger partial charge >= 0.3 is 0 Å². The maximum atomic E-state index is 8.73. The molecule has 0 bridgehead atoms. The maximum Gasteiger partial charge on any atom is 0.156 e. The first-order chi connectivity index (χ1) is 9.60. The second-order valence-electron chi connectivity index (χ2n) is 5.50. The minimum absolute atomic E-state index is 0.00141. The number of nitrogens with zero attached hydrogens (tertiary/aromatic N) is 3. The van der Waals surface area contributed by atoms with E-state index in [2.05, 4.69) is 46.1 Å². The van der Waals surface area contributed by atoms with Crippen LogP contribution < -0.4 is 5.73 Å². The molecule has 5 heteroatoms. The first-order valence-corrected chi connectivity index (χ1v) is 7.09. The highest BCUT2D eigenvalue weighted by Gasteiger charge is 2.23. The molecule has 1 aromatic carbocycles.